The van der Waals surface area contributed by atoms with Gasteiger partial charge in [-0.1, -0.05) is 12.1 Å². The summed E-state index contributed by atoms with van der Waals surface area (Å²) in [6.07, 6.45) is 0. The molecule has 16 heavy (non-hydrogen) atoms. The van der Waals surface area contributed by atoms with Crippen LogP contribution in [0, 0.1) is 0 Å². The van der Waals surface area contributed by atoms with Gasteiger partial charge >= 0.3 is 0 Å². The normalized spacial score (nSPS) is 18.2. The van der Waals surface area contributed by atoms with Crippen LogP contribution < -0.4 is 15.2 Å². The number of hydrogen-bond acceptors (Lipinski definition) is 4. The van der Waals surface area contributed by atoms with Gasteiger partial charge in [0.25, 0.3) is 0 Å². The number of ether oxygens (including phenoxy) is 2. The van der Waals surface area contributed by atoms with E-state index in [4.69, 9.17) is 15.2 Å². The van der Waals surface area contributed by atoms with E-state index >= 15 is 0 Å². The third-order valence-corrected chi connectivity index (χ3v) is 3.17. The Kier molecular flexibility index (Phi) is 3.03. The zero-order chi connectivity index (χ0) is 11.6. The number of hydrogen-bond donors (Lipinski definition) is 1. The molecule has 1 aliphatic heterocycles. The number of rotatable bonds is 2. The molecule has 2 rings (SSSR count). The Morgan fingerprint density at radius 1 is 1.19 bits per heavy atom. The molecule has 1 aliphatic rings. The first-order chi connectivity index (χ1) is 7.68. The third kappa shape index (κ3) is 1.86. The predicted molar refractivity (Wildman–Crippen MR) is 62.9 cm³/mol. The Hall–Kier alpha value is -1.26. The molecule has 1 aromatic carbocycles. The molecule has 0 spiro atoms. The Morgan fingerprint density at radius 3 is 2.06 bits per heavy atom. The average Bonchev–Trinajstić information content (AvgIpc) is 2.49. The van der Waals surface area contributed by atoms with Gasteiger partial charge in [-0.25, -0.2) is 0 Å². The van der Waals surface area contributed by atoms with E-state index < -0.39 is 0 Å². The van der Waals surface area contributed by atoms with Crippen molar-refractivity contribution in [2.75, 3.05) is 33.9 Å². The molecule has 0 amide bonds. The summed E-state index contributed by atoms with van der Waals surface area (Å²) in [5.74, 6) is 1.58. The van der Waals surface area contributed by atoms with E-state index in [0.717, 1.165) is 11.5 Å². The van der Waals surface area contributed by atoms with Gasteiger partial charge in [0, 0.05) is 6.54 Å². The first-order valence-corrected chi connectivity index (χ1v) is 5.40. The molecule has 88 valence electrons. The highest BCUT2D eigenvalue weighted by Crippen LogP contribution is 2.31. The molecule has 0 aromatic heterocycles. The van der Waals surface area contributed by atoms with Crippen LogP contribution in [-0.4, -0.2) is 44.3 Å². The molecule has 0 aliphatic carbocycles. The molecular formula is C12H18N2O2. The summed E-state index contributed by atoms with van der Waals surface area (Å²) >= 11 is 0. The van der Waals surface area contributed by atoms with Crippen LogP contribution in [0.1, 0.15) is 0 Å². The lowest BCUT2D eigenvalue weighted by atomic mass is 10.0. The number of nitrogens with two attached hydrogens (primary N) is 1. The average molecular weight is 222 g/mol. The fourth-order valence-corrected chi connectivity index (χ4v) is 1.71. The lowest BCUT2D eigenvalue weighted by Crippen LogP contribution is -2.57. The van der Waals surface area contributed by atoms with Crippen LogP contribution in [-0.2, 0) is 0 Å². The van der Waals surface area contributed by atoms with Gasteiger partial charge in [0.15, 0.2) is 11.5 Å². The molecule has 0 atom stereocenters. The van der Waals surface area contributed by atoms with Crippen molar-refractivity contribution in [3.8, 4) is 11.5 Å². The maximum atomic E-state index is 5.84. The van der Waals surface area contributed by atoms with Crippen molar-refractivity contribution < 1.29 is 9.47 Å². The summed E-state index contributed by atoms with van der Waals surface area (Å²) in [5.41, 5.74) is 5.59. The Morgan fingerprint density at radius 2 is 1.69 bits per heavy atom. The summed E-state index contributed by atoms with van der Waals surface area (Å²) < 4.78 is 11.5. The maximum absolute atomic E-state index is 5.84. The lowest BCUT2D eigenvalue weighted by Gasteiger charge is -2.36. The molecule has 0 radical (unpaired) electrons. The molecule has 4 nitrogen and oxygen atoms in total. The number of para-hydroxylation sites is 2. The molecule has 0 saturated carbocycles. The van der Waals surface area contributed by atoms with Crippen LogP contribution >= 0.6 is 0 Å². The van der Waals surface area contributed by atoms with E-state index in [1.165, 1.54) is 0 Å². The monoisotopic (exact) mass is 222 g/mol. The molecule has 1 heterocycles. The Balaban J connectivity index is 2.24. The van der Waals surface area contributed by atoms with E-state index in [1.54, 1.807) is 0 Å². The van der Waals surface area contributed by atoms with Gasteiger partial charge in [0.05, 0.1) is 0 Å². The number of likely N-dealkylation sites (N-methyl/N-ethyl adjacent to an activating group) is 1. The van der Waals surface area contributed by atoms with Crippen molar-refractivity contribution in [2.24, 2.45) is 5.73 Å². The molecule has 0 unspecified atom stereocenters. The minimum Gasteiger partial charge on any atom is -0.488 e. The van der Waals surface area contributed by atoms with Crippen LogP contribution in [0.3, 0.4) is 0 Å². The van der Waals surface area contributed by atoms with Crippen molar-refractivity contribution in [1.82, 2.24) is 4.90 Å². The molecule has 0 saturated heterocycles. The predicted octanol–water partition coefficient (Wildman–Crippen LogP) is 0.717. The van der Waals surface area contributed by atoms with Crippen LogP contribution in [0.15, 0.2) is 24.3 Å². The number of nitrogens with zero attached hydrogens (tertiary/aromatic N) is 1. The Labute approximate surface area is 95.9 Å². The molecule has 0 fully saturated rings. The van der Waals surface area contributed by atoms with Crippen LogP contribution in [0.5, 0.6) is 11.5 Å². The summed E-state index contributed by atoms with van der Waals surface area (Å²) in [5, 5.41) is 0. The van der Waals surface area contributed by atoms with E-state index in [2.05, 4.69) is 4.90 Å². The SMILES string of the molecule is CN(C)C1(CN)COc2ccccc2OC1. The molecule has 0 bridgehead atoms. The summed E-state index contributed by atoms with van der Waals surface area (Å²) in [6, 6.07) is 7.70. The van der Waals surface area contributed by atoms with E-state index in [1.807, 2.05) is 38.4 Å². The highest BCUT2D eigenvalue weighted by Gasteiger charge is 2.35. The topological polar surface area (TPSA) is 47.7 Å². The van der Waals surface area contributed by atoms with Crippen molar-refractivity contribution >= 4 is 0 Å². The second-order valence-corrected chi connectivity index (χ2v) is 4.35. The summed E-state index contributed by atoms with van der Waals surface area (Å²) in [7, 11) is 3.99. The fourth-order valence-electron chi connectivity index (χ4n) is 1.71. The largest absolute Gasteiger partial charge is 0.488 e. The first-order valence-electron chi connectivity index (χ1n) is 5.40. The quantitative estimate of drug-likeness (QED) is 0.801. The van der Waals surface area contributed by atoms with E-state index in [0.29, 0.717) is 19.8 Å². The minimum atomic E-state index is -0.251. The van der Waals surface area contributed by atoms with Gasteiger partial charge < -0.3 is 15.2 Å². The third-order valence-electron chi connectivity index (χ3n) is 3.17. The fraction of sp³-hybridized carbons (Fsp3) is 0.500. The van der Waals surface area contributed by atoms with Gasteiger partial charge in [0.1, 0.15) is 18.8 Å². The zero-order valence-corrected chi connectivity index (χ0v) is 9.77. The highest BCUT2D eigenvalue weighted by atomic mass is 16.5. The second-order valence-electron chi connectivity index (χ2n) is 4.35. The molecular weight excluding hydrogens is 204 g/mol. The standard InChI is InChI=1S/C12H18N2O2/c1-14(2)12(7-13)8-15-10-5-3-4-6-11(10)16-9-12/h3-6H,7-9,13H2,1-2H3. The van der Waals surface area contributed by atoms with Crippen molar-refractivity contribution in [3.63, 3.8) is 0 Å². The Bertz CT molecular complexity index is 339. The summed E-state index contributed by atoms with van der Waals surface area (Å²) in [4.78, 5) is 2.07. The molecule has 1 aromatic rings. The highest BCUT2D eigenvalue weighted by molar-refractivity contribution is 5.40. The van der Waals surface area contributed by atoms with E-state index in [9.17, 15) is 0 Å². The van der Waals surface area contributed by atoms with Crippen molar-refractivity contribution in [2.45, 2.75) is 5.54 Å². The lowest BCUT2D eigenvalue weighted by molar-refractivity contribution is 0.0588. The first kappa shape index (κ1) is 11.2. The second kappa shape index (κ2) is 4.31. The van der Waals surface area contributed by atoms with Crippen LogP contribution in [0.2, 0.25) is 0 Å². The van der Waals surface area contributed by atoms with Crippen LogP contribution in [0.4, 0.5) is 0 Å². The minimum absolute atomic E-state index is 0.251. The van der Waals surface area contributed by atoms with Gasteiger partial charge in [-0.3, -0.25) is 4.90 Å². The van der Waals surface area contributed by atoms with Gasteiger partial charge in [0.2, 0.25) is 0 Å². The molecule has 2 N–H and O–H groups in total. The zero-order valence-electron chi connectivity index (χ0n) is 9.77. The smallest absolute Gasteiger partial charge is 0.161 e. The van der Waals surface area contributed by atoms with Gasteiger partial charge in [-0.05, 0) is 26.2 Å². The maximum Gasteiger partial charge on any atom is 0.161 e. The summed E-state index contributed by atoms with van der Waals surface area (Å²) in [6.45, 7) is 1.61. The van der Waals surface area contributed by atoms with Crippen LogP contribution in [0.25, 0.3) is 0 Å². The number of benzene rings is 1. The van der Waals surface area contributed by atoms with Gasteiger partial charge in [-0.15, -0.1) is 0 Å². The van der Waals surface area contributed by atoms with E-state index in [-0.39, 0.29) is 5.54 Å². The molecule has 4 heteroatoms. The van der Waals surface area contributed by atoms with Gasteiger partial charge in [-0.2, -0.15) is 0 Å². The number of fused-ring (bicyclic) bond motifs is 1. The van der Waals surface area contributed by atoms with Crippen molar-refractivity contribution in [1.29, 1.82) is 0 Å². The van der Waals surface area contributed by atoms with Crippen molar-refractivity contribution in [3.05, 3.63) is 24.3 Å².